The highest BCUT2D eigenvalue weighted by atomic mass is 79.9. The van der Waals surface area contributed by atoms with E-state index < -0.39 is 0 Å². The number of ether oxygens (including phenoxy) is 2. The van der Waals surface area contributed by atoms with Crippen molar-refractivity contribution in [1.29, 1.82) is 0 Å². The van der Waals surface area contributed by atoms with Crippen molar-refractivity contribution in [3.05, 3.63) is 57.0 Å². The molecule has 2 nitrogen and oxygen atoms in total. The van der Waals surface area contributed by atoms with Gasteiger partial charge < -0.3 is 9.47 Å². The second kappa shape index (κ2) is 6.70. The number of hydrogen-bond donors (Lipinski definition) is 0. The van der Waals surface area contributed by atoms with Gasteiger partial charge in [0.25, 0.3) is 0 Å². The van der Waals surface area contributed by atoms with Gasteiger partial charge in [0, 0.05) is 9.50 Å². The molecule has 0 aliphatic carbocycles. The van der Waals surface area contributed by atoms with Crippen molar-refractivity contribution >= 4 is 39.1 Å². The van der Waals surface area contributed by atoms with E-state index in [2.05, 4.69) is 15.9 Å². The lowest BCUT2D eigenvalue weighted by molar-refractivity contribution is 0.354. The van der Waals surface area contributed by atoms with E-state index in [1.54, 1.807) is 14.2 Å². The van der Waals surface area contributed by atoms with Crippen LogP contribution in [0.15, 0.2) is 40.9 Å². The molecule has 1 atom stereocenters. The Morgan fingerprint density at radius 1 is 1.00 bits per heavy atom. The Bertz CT molecular complexity index is 600. The number of alkyl halides is 1. The lowest BCUT2D eigenvalue weighted by atomic mass is 10.0. The fraction of sp³-hybridized carbons (Fsp3) is 0.200. The van der Waals surface area contributed by atoms with E-state index in [4.69, 9.17) is 32.7 Å². The predicted molar refractivity (Wildman–Crippen MR) is 86.4 cm³/mol. The third kappa shape index (κ3) is 3.22. The predicted octanol–water partition coefficient (Wildman–Crippen LogP) is 5.45. The standard InChI is InChI=1S/C15H13BrCl2O2/c1-19-13-7-11(12(16)8-14(13)20-2)15(18)9-3-5-10(17)6-4-9/h3-8,15H,1-2H3. The first-order chi connectivity index (χ1) is 9.56. The van der Waals surface area contributed by atoms with E-state index in [1.165, 1.54) is 0 Å². The van der Waals surface area contributed by atoms with Crippen LogP contribution in [0.3, 0.4) is 0 Å². The molecule has 20 heavy (non-hydrogen) atoms. The molecule has 0 radical (unpaired) electrons. The summed E-state index contributed by atoms with van der Waals surface area (Å²) in [5, 5.41) is 0.380. The van der Waals surface area contributed by atoms with Gasteiger partial charge in [0.2, 0.25) is 0 Å². The summed E-state index contributed by atoms with van der Waals surface area (Å²) >= 11 is 16.0. The van der Waals surface area contributed by atoms with E-state index in [9.17, 15) is 0 Å². The molecule has 0 aromatic heterocycles. The minimum absolute atomic E-state index is 0.304. The van der Waals surface area contributed by atoms with Crippen LogP contribution in [-0.2, 0) is 0 Å². The summed E-state index contributed by atoms with van der Waals surface area (Å²) in [5.74, 6) is 1.30. The topological polar surface area (TPSA) is 18.5 Å². The summed E-state index contributed by atoms with van der Waals surface area (Å²) in [7, 11) is 3.20. The van der Waals surface area contributed by atoms with Crippen molar-refractivity contribution in [3.8, 4) is 11.5 Å². The Kier molecular flexibility index (Phi) is 5.19. The number of benzene rings is 2. The minimum atomic E-state index is -0.304. The van der Waals surface area contributed by atoms with Gasteiger partial charge in [-0.3, -0.25) is 0 Å². The number of rotatable bonds is 4. The first kappa shape index (κ1) is 15.5. The quantitative estimate of drug-likeness (QED) is 0.661. The zero-order chi connectivity index (χ0) is 14.7. The maximum Gasteiger partial charge on any atom is 0.161 e. The molecule has 2 aromatic carbocycles. The third-order valence-corrected chi connectivity index (χ3v) is 4.36. The molecule has 1 unspecified atom stereocenters. The monoisotopic (exact) mass is 374 g/mol. The van der Waals surface area contributed by atoms with Crippen LogP contribution in [0.1, 0.15) is 16.5 Å². The van der Waals surface area contributed by atoms with E-state index in [1.807, 2.05) is 36.4 Å². The summed E-state index contributed by atoms with van der Waals surface area (Å²) < 4.78 is 11.4. The summed E-state index contributed by atoms with van der Waals surface area (Å²) in [6.45, 7) is 0. The van der Waals surface area contributed by atoms with E-state index in [-0.39, 0.29) is 5.38 Å². The van der Waals surface area contributed by atoms with Crippen LogP contribution in [0.2, 0.25) is 5.02 Å². The molecule has 0 aliphatic rings. The largest absolute Gasteiger partial charge is 0.493 e. The minimum Gasteiger partial charge on any atom is -0.493 e. The van der Waals surface area contributed by atoms with Gasteiger partial charge in [-0.1, -0.05) is 39.7 Å². The second-order valence-electron chi connectivity index (χ2n) is 4.14. The zero-order valence-electron chi connectivity index (χ0n) is 11.0. The molecule has 0 spiro atoms. The number of halogens is 3. The lowest BCUT2D eigenvalue weighted by Crippen LogP contribution is -1.98. The fourth-order valence-corrected chi connectivity index (χ4v) is 3.01. The van der Waals surface area contributed by atoms with Gasteiger partial charge in [0.05, 0.1) is 19.6 Å². The Morgan fingerprint density at radius 2 is 1.55 bits per heavy atom. The smallest absolute Gasteiger partial charge is 0.161 e. The summed E-state index contributed by atoms with van der Waals surface area (Å²) in [6, 6.07) is 11.2. The first-order valence-corrected chi connectivity index (χ1v) is 7.48. The molecular formula is C15H13BrCl2O2. The van der Waals surface area contributed by atoms with Crippen LogP contribution < -0.4 is 9.47 Å². The van der Waals surface area contributed by atoms with Gasteiger partial charge in [-0.15, -0.1) is 11.6 Å². The van der Waals surface area contributed by atoms with Crippen molar-refractivity contribution < 1.29 is 9.47 Å². The molecule has 2 rings (SSSR count). The van der Waals surface area contributed by atoms with E-state index in [0.29, 0.717) is 16.5 Å². The number of methoxy groups -OCH3 is 2. The van der Waals surface area contributed by atoms with Crippen molar-refractivity contribution in [3.63, 3.8) is 0 Å². The van der Waals surface area contributed by atoms with Crippen LogP contribution in [0.4, 0.5) is 0 Å². The lowest BCUT2D eigenvalue weighted by Gasteiger charge is -2.16. The van der Waals surface area contributed by atoms with Gasteiger partial charge in [-0.25, -0.2) is 0 Å². The molecule has 5 heteroatoms. The second-order valence-corrected chi connectivity index (χ2v) is 5.87. The summed E-state index contributed by atoms with van der Waals surface area (Å²) in [4.78, 5) is 0. The van der Waals surface area contributed by atoms with Gasteiger partial charge in [0.1, 0.15) is 0 Å². The highest BCUT2D eigenvalue weighted by molar-refractivity contribution is 9.10. The normalized spacial score (nSPS) is 12.1. The maximum atomic E-state index is 6.54. The van der Waals surface area contributed by atoms with E-state index >= 15 is 0 Å². The molecule has 0 saturated heterocycles. The van der Waals surface area contributed by atoms with Crippen molar-refractivity contribution in [1.82, 2.24) is 0 Å². The van der Waals surface area contributed by atoms with Gasteiger partial charge in [-0.2, -0.15) is 0 Å². The summed E-state index contributed by atoms with van der Waals surface area (Å²) in [6.07, 6.45) is 0. The molecule has 0 bridgehead atoms. The maximum absolute atomic E-state index is 6.54. The zero-order valence-corrected chi connectivity index (χ0v) is 14.1. The molecule has 0 fully saturated rings. The van der Waals surface area contributed by atoms with Crippen molar-refractivity contribution in [2.24, 2.45) is 0 Å². The van der Waals surface area contributed by atoms with Crippen LogP contribution in [0.5, 0.6) is 11.5 Å². The molecule has 0 heterocycles. The highest BCUT2D eigenvalue weighted by Gasteiger charge is 2.17. The molecule has 2 aromatic rings. The highest BCUT2D eigenvalue weighted by Crippen LogP contribution is 2.40. The van der Waals surface area contributed by atoms with Gasteiger partial charge in [0.15, 0.2) is 11.5 Å². The fourth-order valence-electron chi connectivity index (χ4n) is 1.88. The number of hydrogen-bond acceptors (Lipinski definition) is 2. The molecule has 0 aliphatic heterocycles. The molecule has 0 N–H and O–H groups in total. The van der Waals surface area contributed by atoms with Crippen molar-refractivity contribution in [2.75, 3.05) is 14.2 Å². The van der Waals surface area contributed by atoms with Crippen LogP contribution in [0, 0.1) is 0 Å². The van der Waals surface area contributed by atoms with Gasteiger partial charge >= 0.3 is 0 Å². The Hall–Kier alpha value is -0.900. The molecule has 0 saturated carbocycles. The molecule has 106 valence electrons. The Labute approximate surface area is 136 Å². The molecular weight excluding hydrogens is 363 g/mol. The van der Waals surface area contributed by atoms with Crippen LogP contribution >= 0.6 is 39.1 Å². The Morgan fingerprint density at radius 3 is 2.10 bits per heavy atom. The average molecular weight is 376 g/mol. The first-order valence-electron chi connectivity index (χ1n) is 5.87. The Balaban J connectivity index is 2.43. The average Bonchev–Trinajstić information content (AvgIpc) is 2.47. The van der Waals surface area contributed by atoms with Crippen LogP contribution in [-0.4, -0.2) is 14.2 Å². The van der Waals surface area contributed by atoms with Gasteiger partial charge in [-0.05, 0) is 35.4 Å². The van der Waals surface area contributed by atoms with Crippen molar-refractivity contribution in [2.45, 2.75) is 5.38 Å². The van der Waals surface area contributed by atoms with E-state index in [0.717, 1.165) is 15.6 Å². The van der Waals surface area contributed by atoms with Crippen LogP contribution in [0.25, 0.3) is 0 Å². The molecule has 0 amide bonds. The SMILES string of the molecule is COc1cc(Br)c(C(Cl)c2ccc(Cl)cc2)cc1OC. The summed E-state index contributed by atoms with van der Waals surface area (Å²) in [5.41, 5.74) is 1.87. The third-order valence-electron chi connectivity index (χ3n) is 2.94.